The number of hydrogen-bond donors (Lipinski definition) is 0. The lowest BCUT2D eigenvalue weighted by molar-refractivity contribution is 0.748. The molecule has 0 atom stereocenters. The molecule has 0 N–H and O–H groups in total. The molecule has 326 valence electrons. The van der Waals surface area contributed by atoms with Crippen molar-refractivity contribution in [2.45, 2.75) is 10.8 Å². The lowest BCUT2D eigenvalue weighted by atomic mass is 9.65. The second-order valence-corrected chi connectivity index (χ2v) is 19.1. The highest BCUT2D eigenvalue weighted by Gasteiger charge is 2.51. The van der Waals surface area contributed by atoms with Gasteiger partial charge >= 0.3 is 0 Å². The molecule has 2 nitrogen and oxygen atoms in total. The molecule has 1 aromatic heterocycles. The van der Waals surface area contributed by atoms with Crippen molar-refractivity contribution in [3.05, 3.63) is 311 Å². The van der Waals surface area contributed by atoms with Crippen LogP contribution in [0.2, 0.25) is 0 Å². The fourth-order valence-electron chi connectivity index (χ4n) is 13.2. The maximum absolute atomic E-state index is 2.58. The van der Waals surface area contributed by atoms with Gasteiger partial charge in [0.1, 0.15) is 0 Å². The Kier molecular flexibility index (Phi) is 8.24. The minimum Gasteiger partial charge on any atom is -0.310 e. The van der Waals surface area contributed by atoms with E-state index in [-0.39, 0.29) is 0 Å². The lowest BCUT2D eigenvalue weighted by Crippen LogP contribution is -2.33. The van der Waals surface area contributed by atoms with Crippen molar-refractivity contribution >= 4 is 38.9 Å². The Morgan fingerprint density at radius 2 is 0.829 bits per heavy atom. The molecular weight excluding hydrogens is 845 g/mol. The van der Waals surface area contributed by atoms with Crippen LogP contribution in [0.15, 0.2) is 267 Å². The van der Waals surface area contributed by atoms with Crippen molar-refractivity contribution in [1.29, 1.82) is 0 Å². The van der Waals surface area contributed by atoms with E-state index in [0.29, 0.717) is 0 Å². The van der Waals surface area contributed by atoms with Crippen LogP contribution in [-0.2, 0) is 10.8 Å². The molecule has 15 rings (SSSR count). The first-order valence-electron chi connectivity index (χ1n) is 24.4. The monoisotopic (exact) mass is 888 g/mol. The van der Waals surface area contributed by atoms with Crippen molar-refractivity contribution < 1.29 is 0 Å². The predicted molar refractivity (Wildman–Crippen MR) is 289 cm³/mol. The van der Waals surface area contributed by atoms with E-state index in [9.17, 15) is 0 Å². The fourth-order valence-corrected chi connectivity index (χ4v) is 13.2. The molecule has 11 aromatic carbocycles. The van der Waals surface area contributed by atoms with Crippen molar-refractivity contribution in [3.8, 4) is 39.1 Å². The number of benzene rings is 11. The second kappa shape index (κ2) is 14.8. The molecule has 3 aliphatic rings. The van der Waals surface area contributed by atoms with Crippen LogP contribution in [0, 0.1) is 0 Å². The molecule has 0 unspecified atom stereocenters. The zero-order valence-electron chi connectivity index (χ0n) is 38.3. The minimum absolute atomic E-state index is 0.541. The van der Waals surface area contributed by atoms with Crippen LogP contribution in [0.3, 0.4) is 0 Å². The number of fused-ring (bicyclic) bond motifs is 15. The van der Waals surface area contributed by atoms with Crippen molar-refractivity contribution in [3.63, 3.8) is 0 Å². The van der Waals surface area contributed by atoms with Gasteiger partial charge in [0.15, 0.2) is 0 Å². The zero-order chi connectivity index (χ0) is 46.0. The van der Waals surface area contributed by atoms with Gasteiger partial charge in [-0.15, -0.1) is 0 Å². The van der Waals surface area contributed by atoms with Crippen molar-refractivity contribution in [2.75, 3.05) is 4.90 Å². The fraction of sp³-hybridized carbons (Fsp3) is 0.0294. The third-order valence-electron chi connectivity index (χ3n) is 15.8. The Morgan fingerprint density at radius 3 is 1.54 bits per heavy atom. The van der Waals surface area contributed by atoms with E-state index >= 15 is 0 Å². The average molecular weight is 889 g/mol. The van der Waals surface area contributed by atoms with Gasteiger partial charge in [-0.2, -0.15) is 0 Å². The summed E-state index contributed by atoms with van der Waals surface area (Å²) in [5, 5.41) is 2.53. The molecule has 70 heavy (non-hydrogen) atoms. The molecule has 12 aromatic rings. The van der Waals surface area contributed by atoms with E-state index < -0.39 is 10.8 Å². The summed E-state index contributed by atoms with van der Waals surface area (Å²) >= 11 is 0. The van der Waals surface area contributed by atoms with Crippen molar-refractivity contribution in [2.24, 2.45) is 0 Å². The Labute approximate surface area is 407 Å². The molecule has 0 fully saturated rings. The number of anilines is 3. The highest BCUT2D eigenvalue weighted by molar-refractivity contribution is 6.13. The summed E-state index contributed by atoms with van der Waals surface area (Å²) in [7, 11) is 0. The molecule has 1 aliphatic heterocycles. The SMILES string of the molecule is c1ccc(-c2cccc(N(c3ccc4c(c3)-n3c5ccccc5c5cccc(c53)C43c4ccccc4-c4ccccc43)c3cccc4c3-c3ccccc3C4(c3ccccc3)c3ccccc3)c2)cc1. The summed E-state index contributed by atoms with van der Waals surface area (Å²) in [6, 6.07) is 99.9. The second-order valence-electron chi connectivity index (χ2n) is 19.1. The van der Waals surface area contributed by atoms with E-state index in [1.807, 2.05) is 0 Å². The molecule has 2 heterocycles. The van der Waals surface area contributed by atoms with Crippen LogP contribution in [0.1, 0.15) is 44.5 Å². The highest BCUT2D eigenvalue weighted by Crippen LogP contribution is 2.63. The summed E-state index contributed by atoms with van der Waals surface area (Å²) in [6.45, 7) is 0. The van der Waals surface area contributed by atoms with Gasteiger partial charge in [0.05, 0.1) is 33.2 Å². The summed E-state index contributed by atoms with van der Waals surface area (Å²) in [6.07, 6.45) is 0. The van der Waals surface area contributed by atoms with Crippen LogP contribution in [-0.4, -0.2) is 4.57 Å². The number of para-hydroxylation sites is 2. The standard InChI is InChI=1S/C68H44N2/c1-4-21-45(22-5-1)46-23-18-28-49(43-46)69(63-40-20-37-60-65(63)55-32-12-16-36-58(55)67(60,47-24-6-2-7-25-47)48-26-8-3-9-27-48)50-41-42-59-64(44-50)70-62-39-17-13-31-53(62)54-33-19-38-61(66(54)70)68(59)56-34-14-10-29-51(56)52-30-11-15-35-57(52)68/h1-44H. The van der Waals surface area contributed by atoms with E-state index in [2.05, 4.69) is 276 Å². The van der Waals surface area contributed by atoms with Gasteiger partial charge in [-0.3, -0.25) is 0 Å². The summed E-state index contributed by atoms with van der Waals surface area (Å²) in [5.41, 5.74) is 23.6. The molecular formula is C68H44N2. The normalized spacial score (nSPS) is 13.9. The van der Waals surface area contributed by atoms with Crippen molar-refractivity contribution in [1.82, 2.24) is 4.57 Å². The first-order valence-corrected chi connectivity index (χ1v) is 24.4. The molecule has 0 saturated heterocycles. The molecule has 2 aliphatic carbocycles. The zero-order valence-corrected chi connectivity index (χ0v) is 38.3. The third-order valence-corrected chi connectivity index (χ3v) is 15.8. The molecule has 1 spiro atoms. The van der Waals surface area contributed by atoms with Crippen LogP contribution < -0.4 is 4.90 Å². The Bertz CT molecular complexity index is 3980. The van der Waals surface area contributed by atoms with Gasteiger partial charge in [-0.25, -0.2) is 0 Å². The van der Waals surface area contributed by atoms with E-state index in [1.165, 1.54) is 105 Å². The first kappa shape index (κ1) is 39.1. The number of hydrogen-bond acceptors (Lipinski definition) is 1. The maximum Gasteiger partial charge on any atom is 0.0754 e. The van der Waals surface area contributed by atoms with Crippen LogP contribution in [0.4, 0.5) is 17.1 Å². The van der Waals surface area contributed by atoms with E-state index in [1.54, 1.807) is 0 Å². The van der Waals surface area contributed by atoms with Gasteiger partial charge in [0.2, 0.25) is 0 Å². The van der Waals surface area contributed by atoms with Crippen LogP contribution in [0.5, 0.6) is 0 Å². The van der Waals surface area contributed by atoms with E-state index in [4.69, 9.17) is 0 Å². The third kappa shape index (κ3) is 5.07. The van der Waals surface area contributed by atoms with Crippen LogP contribution in [0.25, 0.3) is 60.9 Å². The molecule has 2 heteroatoms. The summed E-state index contributed by atoms with van der Waals surface area (Å²) < 4.78 is 2.58. The smallest absolute Gasteiger partial charge is 0.0754 e. The van der Waals surface area contributed by atoms with Gasteiger partial charge < -0.3 is 9.47 Å². The average Bonchev–Trinajstić information content (AvgIpc) is 4.05. The highest BCUT2D eigenvalue weighted by atomic mass is 15.2. The quantitative estimate of drug-likeness (QED) is 0.161. The number of rotatable bonds is 6. The summed E-state index contributed by atoms with van der Waals surface area (Å²) in [5.74, 6) is 0. The Hall–Kier alpha value is -8.98. The molecule has 0 saturated carbocycles. The van der Waals surface area contributed by atoms with Gasteiger partial charge in [0, 0.05) is 27.7 Å². The van der Waals surface area contributed by atoms with E-state index in [0.717, 1.165) is 17.1 Å². The number of nitrogens with zero attached hydrogens (tertiary/aromatic N) is 2. The lowest BCUT2D eigenvalue weighted by Gasteiger charge is -2.40. The largest absolute Gasteiger partial charge is 0.310 e. The Balaban J connectivity index is 1.06. The predicted octanol–water partition coefficient (Wildman–Crippen LogP) is 17.0. The van der Waals surface area contributed by atoms with Crippen LogP contribution >= 0.6 is 0 Å². The van der Waals surface area contributed by atoms with Gasteiger partial charge in [0.25, 0.3) is 0 Å². The molecule has 0 amide bonds. The summed E-state index contributed by atoms with van der Waals surface area (Å²) in [4.78, 5) is 2.54. The first-order chi connectivity index (χ1) is 34.8. The van der Waals surface area contributed by atoms with Gasteiger partial charge in [-0.05, 0) is 109 Å². The maximum atomic E-state index is 2.58. The number of aromatic nitrogens is 1. The minimum atomic E-state index is -0.549. The topological polar surface area (TPSA) is 8.17 Å². The molecule has 0 bridgehead atoms. The van der Waals surface area contributed by atoms with Gasteiger partial charge in [-0.1, -0.05) is 231 Å². The Morgan fingerprint density at radius 1 is 0.314 bits per heavy atom. The molecule has 0 radical (unpaired) electrons.